The first kappa shape index (κ1) is 22.8. The fourth-order valence-electron chi connectivity index (χ4n) is 3.84. The van der Waals surface area contributed by atoms with Gasteiger partial charge in [0.15, 0.2) is 0 Å². The molecule has 4 heteroatoms. The van der Waals surface area contributed by atoms with E-state index in [4.69, 9.17) is 9.47 Å². The molecule has 3 rings (SSSR count). The summed E-state index contributed by atoms with van der Waals surface area (Å²) in [6, 6.07) is 15.4. The number of ether oxygens (including phenoxy) is 2. The van der Waals surface area contributed by atoms with Crippen LogP contribution in [0.4, 0.5) is 0 Å². The van der Waals surface area contributed by atoms with Crippen molar-refractivity contribution in [1.82, 2.24) is 4.90 Å². The van der Waals surface area contributed by atoms with Crippen molar-refractivity contribution in [3.05, 3.63) is 77.4 Å². The number of para-hydroxylation sites is 1. The van der Waals surface area contributed by atoms with Crippen LogP contribution >= 0.6 is 0 Å². The van der Waals surface area contributed by atoms with E-state index in [1.54, 1.807) is 12.1 Å². The topological polar surface area (TPSA) is 38.8 Å². The third-order valence-corrected chi connectivity index (χ3v) is 5.52. The summed E-state index contributed by atoms with van der Waals surface area (Å²) in [6.07, 6.45) is 6.73. The highest BCUT2D eigenvalue weighted by molar-refractivity contribution is 5.94. The molecule has 1 saturated heterocycles. The van der Waals surface area contributed by atoms with Crippen molar-refractivity contribution in [1.29, 1.82) is 0 Å². The van der Waals surface area contributed by atoms with Crippen molar-refractivity contribution in [2.24, 2.45) is 0 Å². The first-order valence-electron chi connectivity index (χ1n) is 11.2. The van der Waals surface area contributed by atoms with Crippen LogP contribution in [0.1, 0.15) is 61.0 Å². The van der Waals surface area contributed by atoms with Gasteiger partial charge in [-0.3, -0.25) is 4.90 Å². The Hall–Kier alpha value is -2.85. The van der Waals surface area contributed by atoms with Gasteiger partial charge in [-0.1, -0.05) is 68.0 Å². The van der Waals surface area contributed by atoms with Crippen LogP contribution in [0.2, 0.25) is 0 Å². The molecule has 0 amide bonds. The van der Waals surface area contributed by atoms with Crippen molar-refractivity contribution in [3.8, 4) is 5.75 Å². The van der Waals surface area contributed by atoms with Crippen LogP contribution in [0.3, 0.4) is 0 Å². The van der Waals surface area contributed by atoms with E-state index in [0.717, 1.165) is 42.1 Å². The molecule has 0 saturated carbocycles. The summed E-state index contributed by atoms with van der Waals surface area (Å²) < 4.78 is 12.0. The molecule has 1 fully saturated rings. The Morgan fingerprint density at radius 2 is 1.71 bits per heavy atom. The van der Waals surface area contributed by atoms with Gasteiger partial charge < -0.3 is 9.47 Å². The molecule has 164 valence electrons. The summed E-state index contributed by atoms with van der Waals surface area (Å²) in [5, 5.41) is 0. The molecule has 1 heterocycles. The van der Waals surface area contributed by atoms with Crippen LogP contribution in [0, 0.1) is 0 Å². The first-order valence-corrected chi connectivity index (χ1v) is 11.2. The van der Waals surface area contributed by atoms with E-state index >= 15 is 0 Å². The van der Waals surface area contributed by atoms with Crippen molar-refractivity contribution >= 4 is 17.8 Å². The van der Waals surface area contributed by atoms with Crippen molar-refractivity contribution in [2.75, 3.05) is 26.2 Å². The molecule has 0 aromatic heterocycles. The van der Waals surface area contributed by atoms with Crippen LogP contribution in [0.5, 0.6) is 5.75 Å². The van der Waals surface area contributed by atoms with Crippen molar-refractivity contribution in [2.45, 2.75) is 39.5 Å². The number of likely N-dealkylation sites (tertiary alicyclic amines) is 1. The number of esters is 1. The second-order valence-electron chi connectivity index (χ2n) is 8.12. The van der Waals surface area contributed by atoms with E-state index in [9.17, 15) is 4.79 Å². The van der Waals surface area contributed by atoms with Crippen LogP contribution < -0.4 is 4.74 Å². The number of hydrogen-bond donors (Lipinski definition) is 0. The number of benzene rings is 2. The molecule has 0 bridgehead atoms. The standard InChI is InChI=1S/C27H33NO3/c1-4-22-15-12-16-24(27(29)30-20-19-28-17-10-5-6-11-18-28)26(22)31-25(21(2)3)23-13-8-7-9-14-23/h4,7-9,12-16H,1,5-6,10-11,17-20H2,2-3H3. The SMILES string of the molecule is C=Cc1cccc(C(=O)OCCN2CCCCCC2)c1OC(=C(C)C)c1ccccc1. The Bertz CT molecular complexity index is 905. The zero-order valence-corrected chi connectivity index (χ0v) is 18.7. The van der Waals surface area contributed by atoms with Gasteiger partial charge in [0.25, 0.3) is 0 Å². The van der Waals surface area contributed by atoms with Crippen LogP contribution in [0.15, 0.2) is 60.7 Å². The number of hydrogen-bond acceptors (Lipinski definition) is 4. The van der Waals surface area contributed by atoms with E-state index in [-0.39, 0.29) is 5.97 Å². The molecule has 2 aromatic rings. The summed E-state index contributed by atoms with van der Waals surface area (Å²) in [5.74, 6) is 0.848. The summed E-state index contributed by atoms with van der Waals surface area (Å²) in [5.41, 5.74) is 3.16. The average Bonchev–Trinajstić information content (AvgIpc) is 3.06. The Morgan fingerprint density at radius 1 is 1.00 bits per heavy atom. The van der Waals surface area contributed by atoms with Crippen LogP contribution in [0.25, 0.3) is 11.8 Å². The third kappa shape index (κ3) is 6.31. The molecule has 0 N–H and O–H groups in total. The maximum Gasteiger partial charge on any atom is 0.342 e. The van der Waals surface area contributed by atoms with Gasteiger partial charge in [-0.25, -0.2) is 4.79 Å². The summed E-state index contributed by atoms with van der Waals surface area (Å²) >= 11 is 0. The Kier molecular flexibility index (Phi) is 8.48. The molecule has 0 radical (unpaired) electrons. The molecule has 2 aromatic carbocycles. The minimum absolute atomic E-state index is 0.366. The Morgan fingerprint density at radius 3 is 2.35 bits per heavy atom. The number of carbonyl (C=O) groups is 1. The molecule has 4 nitrogen and oxygen atoms in total. The molecule has 0 spiro atoms. The fourth-order valence-corrected chi connectivity index (χ4v) is 3.84. The summed E-state index contributed by atoms with van der Waals surface area (Å²) in [7, 11) is 0. The molecular weight excluding hydrogens is 386 g/mol. The number of carbonyl (C=O) groups excluding carboxylic acids is 1. The molecule has 0 atom stereocenters. The van der Waals surface area contributed by atoms with E-state index in [0.29, 0.717) is 17.9 Å². The van der Waals surface area contributed by atoms with Crippen LogP contribution in [-0.2, 0) is 4.74 Å². The zero-order chi connectivity index (χ0) is 22.1. The predicted octanol–water partition coefficient (Wildman–Crippen LogP) is 6.19. The van der Waals surface area contributed by atoms with Crippen LogP contribution in [-0.4, -0.2) is 37.1 Å². The van der Waals surface area contributed by atoms with Gasteiger partial charge >= 0.3 is 5.97 Å². The van der Waals surface area contributed by atoms with Crippen molar-refractivity contribution < 1.29 is 14.3 Å². The largest absolute Gasteiger partial charge is 0.461 e. The maximum absolute atomic E-state index is 13.0. The molecule has 1 aliphatic rings. The second-order valence-corrected chi connectivity index (χ2v) is 8.12. The molecular formula is C27H33NO3. The second kappa shape index (κ2) is 11.5. The quantitative estimate of drug-likeness (QED) is 0.378. The maximum atomic E-state index is 13.0. The average molecular weight is 420 g/mol. The highest BCUT2D eigenvalue weighted by Gasteiger charge is 2.20. The molecule has 1 aliphatic heterocycles. The van der Waals surface area contributed by atoms with Gasteiger partial charge in [0, 0.05) is 17.7 Å². The smallest absolute Gasteiger partial charge is 0.342 e. The minimum Gasteiger partial charge on any atom is -0.461 e. The molecule has 0 aliphatic carbocycles. The highest BCUT2D eigenvalue weighted by Crippen LogP contribution is 2.31. The predicted molar refractivity (Wildman–Crippen MR) is 127 cm³/mol. The Labute approximate surface area is 186 Å². The lowest BCUT2D eigenvalue weighted by atomic mass is 10.1. The molecule has 31 heavy (non-hydrogen) atoms. The van der Waals surface area contributed by atoms with E-state index < -0.39 is 0 Å². The lowest BCUT2D eigenvalue weighted by molar-refractivity contribution is 0.0461. The highest BCUT2D eigenvalue weighted by atomic mass is 16.5. The minimum atomic E-state index is -0.366. The van der Waals surface area contributed by atoms with Gasteiger partial charge in [-0.2, -0.15) is 0 Å². The summed E-state index contributed by atoms with van der Waals surface area (Å²) in [4.78, 5) is 15.3. The fraction of sp³-hybridized carbons (Fsp3) is 0.370. The van der Waals surface area contributed by atoms with E-state index in [1.165, 1.54) is 25.7 Å². The lowest BCUT2D eigenvalue weighted by Gasteiger charge is -2.20. The lowest BCUT2D eigenvalue weighted by Crippen LogP contribution is -2.29. The monoisotopic (exact) mass is 419 g/mol. The van der Waals surface area contributed by atoms with E-state index in [2.05, 4.69) is 11.5 Å². The third-order valence-electron chi connectivity index (χ3n) is 5.52. The van der Waals surface area contributed by atoms with Gasteiger partial charge in [0.1, 0.15) is 23.7 Å². The van der Waals surface area contributed by atoms with Gasteiger partial charge in [-0.15, -0.1) is 0 Å². The van der Waals surface area contributed by atoms with Gasteiger partial charge in [0.2, 0.25) is 0 Å². The number of nitrogens with zero attached hydrogens (tertiary/aromatic N) is 1. The van der Waals surface area contributed by atoms with Gasteiger partial charge in [-0.05, 0) is 51.4 Å². The summed E-state index contributed by atoms with van der Waals surface area (Å²) in [6.45, 7) is 11.2. The van der Waals surface area contributed by atoms with E-state index in [1.807, 2.05) is 56.3 Å². The number of allylic oxidation sites excluding steroid dienone is 1. The zero-order valence-electron chi connectivity index (χ0n) is 18.7. The van der Waals surface area contributed by atoms with Gasteiger partial charge in [0.05, 0.1) is 0 Å². The number of rotatable bonds is 8. The van der Waals surface area contributed by atoms with Crippen molar-refractivity contribution in [3.63, 3.8) is 0 Å². The Balaban J connectivity index is 1.77. The first-order chi connectivity index (χ1) is 15.1. The normalized spacial score (nSPS) is 14.4. The molecule has 0 unspecified atom stereocenters.